The Hall–Kier alpha value is -0.560. The largest absolute Gasteiger partial charge is 0.305 e. The first kappa shape index (κ1) is 7.11. The van der Waals surface area contributed by atoms with E-state index in [-0.39, 0.29) is 0 Å². The Labute approximate surface area is 68.2 Å². The Morgan fingerprint density at radius 2 is 2.00 bits per heavy atom. The maximum atomic E-state index is 3.59. The molecule has 1 heterocycles. The Bertz CT molecular complexity index is 191. The minimum absolute atomic E-state index is 0.328. The number of hydrogen-bond donors (Lipinski definition) is 1. The van der Waals surface area contributed by atoms with Gasteiger partial charge in [-0.1, -0.05) is 24.3 Å². The summed E-state index contributed by atoms with van der Waals surface area (Å²) in [5.74, 6) is 0.731. The average Bonchev–Trinajstić information content (AvgIpc) is 2.21. The molecular weight excluding hydrogens is 134 g/mol. The molecule has 2 unspecified atom stereocenters. The van der Waals surface area contributed by atoms with Gasteiger partial charge in [-0.05, 0) is 26.2 Å². The number of fused-ring (bicyclic) bond motifs is 1. The first-order valence-electron chi connectivity index (χ1n) is 4.30. The number of rotatable bonds is 0. The molecule has 2 aliphatic rings. The lowest BCUT2D eigenvalue weighted by molar-refractivity contribution is 0.445. The van der Waals surface area contributed by atoms with Crippen molar-refractivity contribution in [2.75, 3.05) is 0 Å². The van der Waals surface area contributed by atoms with E-state index in [0.717, 1.165) is 5.92 Å². The SMILES string of the molecule is CC1(C)CC2C=CC=CC2N1. The Balaban J connectivity index is 2.18. The molecule has 1 nitrogen and oxygen atoms in total. The summed E-state index contributed by atoms with van der Waals surface area (Å²) in [6.07, 6.45) is 10.1. The maximum Gasteiger partial charge on any atom is 0.0321 e. The molecule has 1 fully saturated rings. The maximum absolute atomic E-state index is 3.59. The molecule has 60 valence electrons. The van der Waals surface area contributed by atoms with Crippen molar-refractivity contribution in [2.45, 2.75) is 31.8 Å². The second-order valence-corrected chi connectivity index (χ2v) is 4.19. The van der Waals surface area contributed by atoms with Crippen LogP contribution in [0.3, 0.4) is 0 Å². The van der Waals surface area contributed by atoms with Gasteiger partial charge in [-0.25, -0.2) is 0 Å². The molecule has 0 amide bonds. The van der Waals surface area contributed by atoms with Crippen molar-refractivity contribution in [2.24, 2.45) is 5.92 Å². The number of nitrogens with one attached hydrogen (secondary N) is 1. The van der Waals surface area contributed by atoms with E-state index in [2.05, 4.69) is 43.5 Å². The molecule has 11 heavy (non-hydrogen) atoms. The topological polar surface area (TPSA) is 12.0 Å². The van der Waals surface area contributed by atoms with E-state index < -0.39 is 0 Å². The lowest BCUT2D eigenvalue weighted by atomic mass is 9.92. The van der Waals surface area contributed by atoms with Crippen LogP contribution in [0.4, 0.5) is 0 Å². The van der Waals surface area contributed by atoms with Crippen molar-refractivity contribution in [1.29, 1.82) is 0 Å². The standard InChI is InChI=1S/C10H15N/c1-10(2)7-8-5-3-4-6-9(8)11-10/h3-6,8-9,11H,7H2,1-2H3. The first-order chi connectivity index (χ1) is 5.17. The van der Waals surface area contributed by atoms with Crippen molar-refractivity contribution in [1.82, 2.24) is 5.32 Å². The van der Waals surface area contributed by atoms with Gasteiger partial charge < -0.3 is 5.32 Å². The zero-order valence-electron chi connectivity index (χ0n) is 7.17. The van der Waals surface area contributed by atoms with Crippen LogP contribution in [0.2, 0.25) is 0 Å². The van der Waals surface area contributed by atoms with E-state index in [0.29, 0.717) is 11.6 Å². The highest BCUT2D eigenvalue weighted by Crippen LogP contribution is 2.31. The van der Waals surface area contributed by atoms with Gasteiger partial charge in [0, 0.05) is 11.6 Å². The molecule has 1 aliphatic heterocycles. The van der Waals surface area contributed by atoms with Crippen molar-refractivity contribution >= 4 is 0 Å². The first-order valence-corrected chi connectivity index (χ1v) is 4.30. The van der Waals surface area contributed by atoms with Crippen LogP contribution in [0.1, 0.15) is 20.3 Å². The highest BCUT2D eigenvalue weighted by molar-refractivity contribution is 5.21. The van der Waals surface area contributed by atoms with Crippen LogP contribution in [-0.2, 0) is 0 Å². The Kier molecular flexibility index (Phi) is 1.43. The van der Waals surface area contributed by atoms with Gasteiger partial charge in [0.05, 0.1) is 0 Å². The van der Waals surface area contributed by atoms with Gasteiger partial charge in [0.2, 0.25) is 0 Å². The average molecular weight is 149 g/mol. The van der Waals surface area contributed by atoms with Crippen LogP contribution in [0.25, 0.3) is 0 Å². The Morgan fingerprint density at radius 3 is 2.73 bits per heavy atom. The van der Waals surface area contributed by atoms with E-state index in [4.69, 9.17) is 0 Å². The third kappa shape index (κ3) is 1.25. The van der Waals surface area contributed by atoms with E-state index >= 15 is 0 Å². The molecule has 0 spiro atoms. The number of hydrogen-bond acceptors (Lipinski definition) is 1. The molecule has 2 rings (SSSR count). The van der Waals surface area contributed by atoms with Gasteiger partial charge in [-0.2, -0.15) is 0 Å². The predicted octanol–water partition coefficient (Wildman–Crippen LogP) is 1.87. The van der Waals surface area contributed by atoms with Crippen molar-refractivity contribution in [3.05, 3.63) is 24.3 Å². The van der Waals surface area contributed by atoms with Crippen molar-refractivity contribution < 1.29 is 0 Å². The molecule has 0 aromatic heterocycles. The zero-order chi connectivity index (χ0) is 7.90. The summed E-state index contributed by atoms with van der Waals surface area (Å²) < 4.78 is 0. The van der Waals surface area contributed by atoms with Gasteiger partial charge in [-0.15, -0.1) is 0 Å². The fourth-order valence-corrected chi connectivity index (χ4v) is 2.10. The molecule has 0 saturated carbocycles. The van der Waals surface area contributed by atoms with Crippen LogP contribution < -0.4 is 5.32 Å². The second kappa shape index (κ2) is 2.21. The molecule has 0 radical (unpaired) electrons. The quantitative estimate of drug-likeness (QED) is 0.554. The predicted molar refractivity (Wildman–Crippen MR) is 47.4 cm³/mol. The molecular formula is C10H15N. The van der Waals surface area contributed by atoms with Gasteiger partial charge in [0.1, 0.15) is 0 Å². The van der Waals surface area contributed by atoms with Gasteiger partial charge in [0.15, 0.2) is 0 Å². The van der Waals surface area contributed by atoms with Crippen LogP contribution >= 0.6 is 0 Å². The van der Waals surface area contributed by atoms with Gasteiger partial charge >= 0.3 is 0 Å². The van der Waals surface area contributed by atoms with Crippen LogP contribution in [0, 0.1) is 5.92 Å². The van der Waals surface area contributed by atoms with Crippen LogP contribution in [-0.4, -0.2) is 11.6 Å². The number of allylic oxidation sites excluding steroid dienone is 2. The van der Waals surface area contributed by atoms with E-state index in [1.807, 2.05) is 0 Å². The zero-order valence-corrected chi connectivity index (χ0v) is 7.17. The van der Waals surface area contributed by atoms with E-state index in [1.54, 1.807) is 0 Å². The summed E-state index contributed by atoms with van der Waals surface area (Å²) in [7, 11) is 0. The highest BCUT2D eigenvalue weighted by atomic mass is 15.0. The molecule has 1 saturated heterocycles. The van der Waals surface area contributed by atoms with E-state index in [9.17, 15) is 0 Å². The van der Waals surface area contributed by atoms with Crippen molar-refractivity contribution in [3.8, 4) is 0 Å². The molecule has 2 atom stereocenters. The lowest BCUT2D eigenvalue weighted by Crippen LogP contribution is -2.37. The van der Waals surface area contributed by atoms with Gasteiger partial charge in [-0.3, -0.25) is 0 Å². The fourth-order valence-electron chi connectivity index (χ4n) is 2.10. The lowest BCUT2D eigenvalue weighted by Gasteiger charge is -2.18. The van der Waals surface area contributed by atoms with Crippen LogP contribution in [0.15, 0.2) is 24.3 Å². The normalized spacial score (nSPS) is 39.1. The van der Waals surface area contributed by atoms with E-state index in [1.165, 1.54) is 6.42 Å². The molecule has 1 N–H and O–H groups in total. The summed E-state index contributed by atoms with van der Waals surface area (Å²) in [4.78, 5) is 0. The van der Waals surface area contributed by atoms with Gasteiger partial charge in [0.25, 0.3) is 0 Å². The smallest absolute Gasteiger partial charge is 0.0321 e. The van der Waals surface area contributed by atoms with Crippen LogP contribution in [0.5, 0.6) is 0 Å². The summed E-state index contributed by atoms with van der Waals surface area (Å²) in [5, 5.41) is 3.59. The summed E-state index contributed by atoms with van der Waals surface area (Å²) in [6.45, 7) is 4.54. The summed E-state index contributed by atoms with van der Waals surface area (Å²) in [6, 6.07) is 0.593. The monoisotopic (exact) mass is 149 g/mol. The molecule has 0 aromatic carbocycles. The third-order valence-electron chi connectivity index (χ3n) is 2.55. The Morgan fingerprint density at radius 1 is 1.27 bits per heavy atom. The highest BCUT2D eigenvalue weighted by Gasteiger charge is 2.35. The van der Waals surface area contributed by atoms with Crippen molar-refractivity contribution in [3.63, 3.8) is 0 Å². The minimum Gasteiger partial charge on any atom is -0.305 e. The minimum atomic E-state index is 0.328. The third-order valence-corrected chi connectivity index (χ3v) is 2.55. The second-order valence-electron chi connectivity index (χ2n) is 4.19. The summed E-state index contributed by atoms with van der Waals surface area (Å²) >= 11 is 0. The molecule has 1 heteroatoms. The molecule has 0 aromatic rings. The molecule has 1 aliphatic carbocycles. The summed E-state index contributed by atoms with van der Waals surface area (Å²) in [5.41, 5.74) is 0.328. The fraction of sp³-hybridized carbons (Fsp3) is 0.600. The molecule has 0 bridgehead atoms.